The largest absolute Gasteiger partial charge is 0.371 e. The zero-order valence-corrected chi connectivity index (χ0v) is 9.92. The second-order valence-electron chi connectivity index (χ2n) is 4.47. The third-order valence-electron chi connectivity index (χ3n) is 2.70. The summed E-state index contributed by atoms with van der Waals surface area (Å²) in [7, 11) is 0. The van der Waals surface area contributed by atoms with Crippen LogP contribution in [0.25, 0.3) is 0 Å². The Balaban J connectivity index is 2.41. The van der Waals surface area contributed by atoms with E-state index in [4.69, 9.17) is 4.74 Å². The SMILES string of the molecule is CC(C)OCC(=O)C1=CCCCCCC1. The molecule has 0 aliphatic heterocycles. The van der Waals surface area contributed by atoms with E-state index in [2.05, 4.69) is 6.08 Å². The quantitative estimate of drug-likeness (QED) is 0.712. The van der Waals surface area contributed by atoms with E-state index in [0.29, 0.717) is 0 Å². The van der Waals surface area contributed by atoms with Crippen LogP contribution in [0, 0.1) is 0 Å². The first-order valence-electron chi connectivity index (χ1n) is 6.04. The lowest BCUT2D eigenvalue weighted by molar-refractivity contribution is -0.121. The minimum absolute atomic E-state index is 0.142. The minimum Gasteiger partial charge on any atom is -0.371 e. The summed E-state index contributed by atoms with van der Waals surface area (Å²) in [5, 5.41) is 0. The highest BCUT2D eigenvalue weighted by molar-refractivity contribution is 5.96. The van der Waals surface area contributed by atoms with Gasteiger partial charge in [-0.1, -0.05) is 18.9 Å². The van der Waals surface area contributed by atoms with Crippen molar-refractivity contribution in [2.45, 2.75) is 58.5 Å². The molecule has 0 unspecified atom stereocenters. The van der Waals surface area contributed by atoms with Crippen molar-refractivity contribution in [3.8, 4) is 0 Å². The van der Waals surface area contributed by atoms with E-state index in [1.165, 1.54) is 19.3 Å². The van der Waals surface area contributed by atoms with Crippen molar-refractivity contribution >= 4 is 5.78 Å². The Morgan fingerprint density at radius 3 is 2.80 bits per heavy atom. The average molecular weight is 210 g/mol. The van der Waals surface area contributed by atoms with Gasteiger partial charge < -0.3 is 4.74 Å². The Labute approximate surface area is 92.7 Å². The standard InChI is InChI=1S/C13H22O2/c1-11(2)15-10-13(14)12-8-6-4-3-5-7-9-12/h8,11H,3-7,9-10H2,1-2H3. The van der Waals surface area contributed by atoms with E-state index < -0.39 is 0 Å². The zero-order chi connectivity index (χ0) is 11.1. The van der Waals surface area contributed by atoms with Crippen LogP contribution in [0.4, 0.5) is 0 Å². The van der Waals surface area contributed by atoms with E-state index in [9.17, 15) is 4.79 Å². The lowest BCUT2D eigenvalue weighted by Crippen LogP contribution is -2.15. The molecule has 0 aromatic rings. The van der Waals surface area contributed by atoms with Gasteiger partial charge in [0.1, 0.15) is 6.61 Å². The van der Waals surface area contributed by atoms with Crippen molar-refractivity contribution in [2.75, 3.05) is 6.61 Å². The highest BCUT2D eigenvalue weighted by atomic mass is 16.5. The summed E-state index contributed by atoms with van der Waals surface area (Å²) >= 11 is 0. The lowest BCUT2D eigenvalue weighted by atomic mass is 9.97. The molecule has 15 heavy (non-hydrogen) atoms. The van der Waals surface area contributed by atoms with Crippen LogP contribution in [0.1, 0.15) is 52.4 Å². The number of hydrogen-bond donors (Lipinski definition) is 0. The third kappa shape index (κ3) is 5.12. The molecule has 0 amide bonds. The summed E-state index contributed by atoms with van der Waals surface area (Å²) in [6, 6.07) is 0. The van der Waals surface area contributed by atoms with Crippen LogP contribution in [0.3, 0.4) is 0 Å². The van der Waals surface area contributed by atoms with Gasteiger partial charge in [-0.15, -0.1) is 0 Å². The number of Topliss-reactive ketones (excluding diaryl/α,β-unsaturated/α-hetero) is 1. The van der Waals surface area contributed by atoms with E-state index in [1.807, 2.05) is 13.8 Å². The van der Waals surface area contributed by atoms with Crippen LogP contribution in [0.2, 0.25) is 0 Å². The van der Waals surface area contributed by atoms with E-state index in [-0.39, 0.29) is 18.5 Å². The van der Waals surface area contributed by atoms with Crippen LogP contribution >= 0.6 is 0 Å². The molecule has 1 aliphatic carbocycles. The number of ketones is 1. The summed E-state index contributed by atoms with van der Waals surface area (Å²) in [6.45, 7) is 4.17. The fraction of sp³-hybridized carbons (Fsp3) is 0.769. The molecule has 0 saturated carbocycles. The van der Waals surface area contributed by atoms with E-state index in [1.54, 1.807) is 0 Å². The van der Waals surface area contributed by atoms with Crippen LogP contribution < -0.4 is 0 Å². The molecular weight excluding hydrogens is 188 g/mol. The predicted octanol–water partition coefficient (Wildman–Crippen LogP) is 3.26. The van der Waals surface area contributed by atoms with Crippen molar-refractivity contribution < 1.29 is 9.53 Å². The second-order valence-corrected chi connectivity index (χ2v) is 4.47. The van der Waals surface area contributed by atoms with Crippen LogP contribution in [-0.2, 0) is 9.53 Å². The summed E-state index contributed by atoms with van der Waals surface area (Å²) in [5.41, 5.74) is 0.996. The maximum atomic E-state index is 11.8. The van der Waals surface area contributed by atoms with Crippen molar-refractivity contribution in [3.05, 3.63) is 11.6 Å². The summed E-state index contributed by atoms with van der Waals surface area (Å²) in [6.07, 6.45) is 9.20. The molecule has 0 bridgehead atoms. The second kappa shape index (κ2) is 6.78. The van der Waals surface area contributed by atoms with Crippen molar-refractivity contribution in [3.63, 3.8) is 0 Å². The van der Waals surface area contributed by atoms with Crippen LogP contribution in [-0.4, -0.2) is 18.5 Å². The predicted molar refractivity (Wildman–Crippen MR) is 61.9 cm³/mol. The minimum atomic E-state index is 0.142. The first kappa shape index (κ1) is 12.4. The molecule has 0 aromatic carbocycles. The highest BCUT2D eigenvalue weighted by Gasteiger charge is 2.11. The van der Waals surface area contributed by atoms with Gasteiger partial charge in [0, 0.05) is 0 Å². The molecule has 0 saturated heterocycles. The Morgan fingerprint density at radius 2 is 2.07 bits per heavy atom. The smallest absolute Gasteiger partial charge is 0.184 e. The van der Waals surface area contributed by atoms with E-state index >= 15 is 0 Å². The number of hydrogen-bond acceptors (Lipinski definition) is 2. The fourth-order valence-electron chi connectivity index (χ4n) is 1.78. The number of rotatable bonds is 4. The first-order valence-corrected chi connectivity index (χ1v) is 6.04. The van der Waals surface area contributed by atoms with Crippen LogP contribution in [0.5, 0.6) is 0 Å². The Hall–Kier alpha value is -0.630. The van der Waals surface area contributed by atoms with Gasteiger partial charge in [-0.25, -0.2) is 0 Å². The highest BCUT2D eigenvalue weighted by Crippen LogP contribution is 2.17. The summed E-state index contributed by atoms with van der Waals surface area (Å²) < 4.78 is 5.34. The molecule has 2 nitrogen and oxygen atoms in total. The molecule has 0 N–H and O–H groups in total. The Bertz CT molecular complexity index is 229. The van der Waals surface area contributed by atoms with Gasteiger partial charge in [0.25, 0.3) is 0 Å². The lowest BCUT2D eigenvalue weighted by Gasteiger charge is -2.11. The molecule has 1 rings (SSSR count). The van der Waals surface area contributed by atoms with Gasteiger partial charge in [0.2, 0.25) is 0 Å². The van der Waals surface area contributed by atoms with Gasteiger partial charge in [-0.3, -0.25) is 4.79 Å². The maximum Gasteiger partial charge on any atom is 0.184 e. The molecule has 86 valence electrons. The third-order valence-corrected chi connectivity index (χ3v) is 2.70. The molecule has 0 fully saturated rings. The number of carbonyl (C=O) groups excluding carboxylic acids is 1. The van der Waals surface area contributed by atoms with Gasteiger partial charge in [0.15, 0.2) is 5.78 Å². The first-order chi connectivity index (χ1) is 7.20. The normalized spacial score (nSPS) is 18.2. The number of carbonyl (C=O) groups is 1. The van der Waals surface area contributed by atoms with Crippen molar-refractivity contribution in [2.24, 2.45) is 0 Å². The topological polar surface area (TPSA) is 26.3 Å². The van der Waals surface area contributed by atoms with E-state index in [0.717, 1.165) is 24.8 Å². The summed E-state index contributed by atoms with van der Waals surface area (Å²) in [5.74, 6) is 0.186. The van der Waals surface area contributed by atoms with Crippen molar-refractivity contribution in [1.29, 1.82) is 0 Å². The Kier molecular flexibility index (Phi) is 5.62. The Morgan fingerprint density at radius 1 is 1.33 bits per heavy atom. The molecule has 0 spiro atoms. The van der Waals surface area contributed by atoms with Gasteiger partial charge in [0.05, 0.1) is 6.10 Å². The van der Waals surface area contributed by atoms with Crippen LogP contribution in [0.15, 0.2) is 11.6 Å². The maximum absolute atomic E-state index is 11.8. The molecule has 0 radical (unpaired) electrons. The molecule has 0 aromatic heterocycles. The monoisotopic (exact) mass is 210 g/mol. The molecule has 0 atom stereocenters. The summed E-state index contributed by atoms with van der Waals surface area (Å²) in [4.78, 5) is 11.8. The molecular formula is C13H22O2. The van der Waals surface area contributed by atoms with Gasteiger partial charge in [-0.05, 0) is 45.1 Å². The van der Waals surface area contributed by atoms with Crippen molar-refractivity contribution in [1.82, 2.24) is 0 Å². The molecule has 2 heteroatoms. The number of allylic oxidation sites excluding steroid dienone is 1. The number of ether oxygens (including phenoxy) is 1. The zero-order valence-electron chi connectivity index (χ0n) is 9.92. The fourth-order valence-corrected chi connectivity index (χ4v) is 1.78. The molecule has 1 aliphatic rings. The average Bonchev–Trinajstić information content (AvgIpc) is 2.13. The van der Waals surface area contributed by atoms with Gasteiger partial charge in [-0.2, -0.15) is 0 Å². The molecule has 0 heterocycles. The van der Waals surface area contributed by atoms with Gasteiger partial charge >= 0.3 is 0 Å².